The molecule has 90 valence electrons. The van der Waals surface area contributed by atoms with Crippen LogP contribution in [0.25, 0.3) is 6.08 Å². The van der Waals surface area contributed by atoms with E-state index in [9.17, 15) is 0 Å². The summed E-state index contributed by atoms with van der Waals surface area (Å²) in [7, 11) is 0. The fraction of sp³-hybridized carbons (Fsp3) is 0.250. The predicted molar refractivity (Wildman–Crippen MR) is 75.1 cm³/mol. The van der Waals surface area contributed by atoms with Crippen molar-refractivity contribution >= 4 is 6.08 Å². The van der Waals surface area contributed by atoms with Gasteiger partial charge in [0.1, 0.15) is 5.75 Å². The molecule has 0 bridgehead atoms. The van der Waals surface area contributed by atoms with Gasteiger partial charge in [-0.15, -0.1) is 0 Å². The van der Waals surface area contributed by atoms with Gasteiger partial charge in [0.25, 0.3) is 0 Å². The van der Waals surface area contributed by atoms with Crippen molar-refractivity contribution in [3.8, 4) is 5.75 Å². The van der Waals surface area contributed by atoms with Crippen LogP contribution in [0.15, 0.2) is 49.3 Å². The lowest BCUT2D eigenvalue weighted by atomic mass is 10.0. The monoisotopic (exact) mass is 228 g/mol. The molecule has 0 aliphatic carbocycles. The standard InChI is InChI=1S/C16H20O/c1-6-13(5)10-15-11-14(7-2)8-9-16(15)17-12(3)4/h7-9,11H,2-3,5-6,10H2,1,4H3. The molecule has 0 amide bonds. The second kappa shape index (κ2) is 6.09. The summed E-state index contributed by atoms with van der Waals surface area (Å²) in [6.07, 6.45) is 3.65. The highest BCUT2D eigenvalue weighted by Gasteiger charge is 2.06. The Morgan fingerprint density at radius 1 is 1.35 bits per heavy atom. The second-order valence-electron chi connectivity index (χ2n) is 4.16. The van der Waals surface area contributed by atoms with Crippen molar-refractivity contribution in [1.82, 2.24) is 0 Å². The molecular formula is C16H20O. The zero-order valence-corrected chi connectivity index (χ0v) is 10.8. The van der Waals surface area contributed by atoms with Crippen molar-refractivity contribution in [2.45, 2.75) is 26.7 Å². The van der Waals surface area contributed by atoms with Gasteiger partial charge in [0.15, 0.2) is 0 Å². The third-order valence-electron chi connectivity index (χ3n) is 2.54. The van der Waals surface area contributed by atoms with Crippen LogP contribution in [-0.4, -0.2) is 0 Å². The zero-order chi connectivity index (χ0) is 12.8. The Bertz CT molecular complexity index is 441. The molecule has 0 saturated heterocycles. The number of rotatable bonds is 6. The fourth-order valence-electron chi connectivity index (χ4n) is 1.55. The summed E-state index contributed by atoms with van der Waals surface area (Å²) in [5.74, 6) is 1.55. The largest absolute Gasteiger partial charge is 0.462 e. The van der Waals surface area contributed by atoms with Gasteiger partial charge in [0.2, 0.25) is 0 Å². The summed E-state index contributed by atoms with van der Waals surface area (Å²) in [5.41, 5.74) is 3.42. The number of ether oxygens (including phenoxy) is 1. The van der Waals surface area contributed by atoms with Crippen molar-refractivity contribution in [3.05, 3.63) is 60.4 Å². The Labute approximate surface area is 104 Å². The Morgan fingerprint density at radius 3 is 2.59 bits per heavy atom. The molecule has 17 heavy (non-hydrogen) atoms. The zero-order valence-electron chi connectivity index (χ0n) is 10.8. The third kappa shape index (κ3) is 3.95. The number of benzene rings is 1. The van der Waals surface area contributed by atoms with E-state index in [1.807, 2.05) is 25.1 Å². The Balaban J connectivity index is 3.06. The summed E-state index contributed by atoms with van der Waals surface area (Å²) in [6.45, 7) is 15.5. The maximum atomic E-state index is 5.62. The van der Waals surface area contributed by atoms with E-state index in [0.29, 0.717) is 5.76 Å². The minimum Gasteiger partial charge on any atom is -0.462 e. The van der Waals surface area contributed by atoms with Crippen molar-refractivity contribution in [2.75, 3.05) is 0 Å². The minimum atomic E-state index is 0.694. The topological polar surface area (TPSA) is 9.23 Å². The van der Waals surface area contributed by atoms with Gasteiger partial charge in [0.05, 0.1) is 5.76 Å². The van der Waals surface area contributed by atoms with E-state index in [1.54, 1.807) is 0 Å². The van der Waals surface area contributed by atoms with Crippen LogP contribution in [0.2, 0.25) is 0 Å². The Kier molecular flexibility index (Phi) is 4.77. The molecule has 1 aromatic carbocycles. The van der Waals surface area contributed by atoms with Crippen LogP contribution in [-0.2, 0) is 6.42 Å². The van der Waals surface area contributed by atoms with Crippen molar-refractivity contribution in [3.63, 3.8) is 0 Å². The quantitative estimate of drug-likeness (QED) is 0.504. The van der Waals surface area contributed by atoms with Crippen molar-refractivity contribution in [2.24, 2.45) is 0 Å². The number of hydrogen-bond acceptors (Lipinski definition) is 1. The summed E-state index contributed by atoms with van der Waals surface area (Å²) in [6, 6.07) is 6.04. The maximum absolute atomic E-state index is 5.62. The molecule has 0 heterocycles. The van der Waals surface area contributed by atoms with Crippen LogP contribution in [0, 0.1) is 0 Å². The van der Waals surface area contributed by atoms with E-state index in [4.69, 9.17) is 4.74 Å². The highest BCUT2D eigenvalue weighted by Crippen LogP contribution is 2.25. The first kappa shape index (κ1) is 13.3. The molecule has 1 rings (SSSR count). The minimum absolute atomic E-state index is 0.694. The van der Waals surface area contributed by atoms with Gasteiger partial charge in [-0.25, -0.2) is 0 Å². The van der Waals surface area contributed by atoms with Gasteiger partial charge in [-0.2, -0.15) is 0 Å². The van der Waals surface area contributed by atoms with E-state index in [1.165, 1.54) is 5.57 Å². The van der Waals surface area contributed by atoms with E-state index < -0.39 is 0 Å². The molecule has 0 fully saturated rings. The van der Waals surface area contributed by atoms with Gasteiger partial charge < -0.3 is 4.74 Å². The molecule has 0 N–H and O–H groups in total. The number of hydrogen-bond donors (Lipinski definition) is 0. The lowest BCUT2D eigenvalue weighted by molar-refractivity contribution is 0.426. The van der Waals surface area contributed by atoms with Gasteiger partial charge in [-0.05, 0) is 43.0 Å². The summed E-state index contributed by atoms with van der Waals surface area (Å²) in [4.78, 5) is 0. The Hall–Kier alpha value is -1.76. The molecule has 0 spiro atoms. The van der Waals surface area contributed by atoms with Crippen LogP contribution >= 0.6 is 0 Å². The van der Waals surface area contributed by atoms with Crippen LogP contribution in [0.3, 0.4) is 0 Å². The average Bonchev–Trinajstić information content (AvgIpc) is 2.30. The van der Waals surface area contributed by atoms with Crippen LogP contribution in [0.4, 0.5) is 0 Å². The molecule has 0 radical (unpaired) electrons. The van der Waals surface area contributed by atoms with Gasteiger partial charge in [-0.1, -0.05) is 44.4 Å². The average molecular weight is 228 g/mol. The molecule has 0 aliphatic rings. The normalized spacial score (nSPS) is 9.76. The summed E-state index contributed by atoms with van der Waals surface area (Å²) < 4.78 is 5.62. The third-order valence-corrected chi connectivity index (χ3v) is 2.54. The first-order valence-corrected chi connectivity index (χ1v) is 5.82. The van der Waals surface area contributed by atoms with Gasteiger partial charge >= 0.3 is 0 Å². The van der Waals surface area contributed by atoms with Crippen LogP contribution < -0.4 is 4.74 Å². The first-order chi connectivity index (χ1) is 8.06. The second-order valence-corrected chi connectivity index (χ2v) is 4.16. The molecule has 0 aromatic heterocycles. The molecular weight excluding hydrogens is 208 g/mol. The predicted octanol–water partition coefficient (Wildman–Crippen LogP) is 4.75. The van der Waals surface area contributed by atoms with Gasteiger partial charge in [0, 0.05) is 0 Å². The molecule has 1 nitrogen and oxygen atoms in total. The van der Waals surface area contributed by atoms with E-state index in [2.05, 4.69) is 32.7 Å². The van der Waals surface area contributed by atoms with E-state index >= 15 is 0 Å². The molecule has 0 saturated carbocycles. The Morgan fingerprint density at radius 2 is 2.06 bits per heavy atom. The highest BCUT2D eigenvalue weighted by atomic mass is 16.5. The first-order valence-electron chi connectivity index (χ1n) is 5.82. The van der Waals surface area contributed by atoms with Crippen molar-refractivity contribution in [1.29, 1.82) is 0 Å². The smallest absolute Gasteiger partial charge is 0.130 e. The molecule has 0 atom stereocenters. The fourth-order valence-corrected chi connectivity index (χ4v) is 1.55. The molecule has 0 aliphatic heterocycles. The molecule has 1 aromatic rings. The molecule has 1 heteroatoms. The van der Waals surface area contributed by atoms with E-state index in [-0.39, 0.29) is 0 Å². The van der Waals surface area contributed by atoms with Gasteiger partial charge in [-0.3, -0.25) is 0 Å². The maximum Gasteiger partial charge on any atom is 0.130 e. The summed E-state index contributed by atoms with van der Waals surface area (Å²) >= 11 is 0. The van der Waals surface area contributed by atoms with Crippen molar-refractivity contribution < 1.29 is 4.74 Å². The molecule has 0 unspecified atom stereocenters. The van der Waals surface area contributed by atoms with E-state index in [0.717, 1.165) is 29.7 Å². The highest BCUT2D eigenvalue weighted by molar-refractivity contribution is 5.52. The SMILES string of the molecule is C=Cc1ccc(OC(=C)C)c(CC(=C)CC)c1. The van der Waals surface area contributed by atoms with Crippen LogP contribution in [0.1, 0.15) is 31.4 Å². The number of allylic oxidation sites excluding steroid dienone is 2. The lowest BCUT2D eigenvalue weighted by Gasteiger charge is -2.12. The van der Waals surface area contributed by atoms with Crippen LogP contribution in [0.5, 0.6) is 5.75 Å². The lowest BCUT2D eigenvalue weighted by Crippen LogP contribution is -1.97. The summed E-state index contributed by atoms with van der Waals surface area (Å²) in [5, 5.41) is 0.